The van der Waals surface area contributed by atoms with Gasteiger partial charge in [0.1, 0.15) is 5.82 Å². The molecule has 0 saturated carbocycles. The van der Waals surface area contributed by atoms with Crippen molar-refractivity contribution in [2.45, 2.75) is 32.9 Å². The lowest BCUT2D eigenvalue weighted by atomic mass is 9.82. The average Bonchev–Trinajstić information content (AvgIpc) is 2.86. The van der Waals surface area contributed by atoms with Gasteiger partial charge in [-0.25, -0.2) is 4.39 Å². The van der Waals surface area contributed by atoms with Crippen LogP contribution < -0.4 is 4.72 Å². The van der Waals surface area contributed by atoms with Gasteiger partial charge in [0.2, 0.25) is 0 Å². The molecule has 148 valence electrons. The molecule has 0 aliphatic carbocycles. The highest BCUT2D eigenvalue weighted by molar-refractivity contribution is 7.99. The Morgan fingerprint density at radius 3 is 2.48 bits per heavy atom. The van der Waals surface area contributed by atoms with Crippen LogP contribution in [0.1, 0.15) is 27.8 Å². The van der Waals surface area contributed by atoms with Crippen LogP contribution in [0.3, 0.4) is 0 Å². The lowest BCUT2D eigenvalue weighted by Gasteiger charge is -2.23. The summed E-state index contributed by atoms with van der Waals surface area (Å²) < 4.78 is 17.3. The summed E-state index contributed by atoms with van der Waals surface area (Å²) in [4.78, 5) is 11.7. The van der Waals surface area contributed by atoms with Crippen molar-refractivity contribution in [3.63, 3.8) is 0 Å². The molecule has 1 heterocycles. The van der Waals surface area contributed by atoms with Gasteiger partial charge in [-0.15, -0.1) is 0 Å². The smallest absolute Gasteiger partial charge is 0.307 e. The van der Waals surface area contributed by atoms with Gasteiger partial charge in [0, 0.05) is 11.3 Å². The van der Waals surface area contributed by atoms with Crippen LogP contribution in [0.25, 0.3) is 22.3 Å². The number of nitrogens with one attached hydrogen (secondary N) is 1. The number of benzene rings is 3. The van der Waals surface area contributed by atoms with E-state index in [-0.39, 0.29) is 12.2 Å². The number of carboxylic acid groups (broad SMARTS) is 1. The maximum absolute atomic E-state index is 13.9. The van der Waals surface area contributed by atoms with Crippen LogP contribution in [0.5, 0.6) is 0 Å². The first-order valence-electron chi connectivity index (χ1n) is 9.48. The zero-order chi connectivity index (χ0) is 20.7. The van der Waals surface area contributed by atoms with E-state index in [1.165, 1.54) is 18.0 Å². The summed E-state index contributed by atoms with van der Waals surface area (Å²) in [5.41, 5.74) is 9.72. The summed E-state index contributed by atoms with van der Waals surface area (Å²) in [6, 6.07) is 13.1. The fraction of sp³-hybridized carbons (Fsp3) is 0.208. The molecule has 0 spiro atoms. The van der Waals surface area contributed by atoms with Crippen molar-refractivity contribution in [1.29, 1.82) is 0 Å². The fourth-order valence-corrected chi connectivity index (χ4v) is 4.99. The molecule has 0 fully saturated rings. The molecule has 5 heteroatoms. The predicted molar refractivity (Wildman–Crippen MR) is 118 cm³/mol. The molecule has 4 rings (SSSR count). The van der Waals surface area contributed by atoms with Gasteiger partial charge in [0.05, 0.1) is 12.1 Å². The fourth-order valence-electron chi connectivity index (χ4n) is 4.12. The molecule has 3 aromatic rings. The Morgan fingerprint density at radius 2 is 1.79 bits per heavy atom. The van der Waals surface area contributed by atoms with E-state index in [0.29, 0.717) is 5.75 Å². The second-order valence-electron chi connectivity index (χ2n) is 7.48. The maximum Gasteiger partial charge on any atom is 0.307 e. The van der Waals surface area contributed by atoms with Crippen LogP contribution in [-0.4, -0.2) is 11.1 Å². The van der Waals surface area contributed by atoms with E-state index < -0.39 is 5.97 Å². The minimum absolute atomic E-state index is 0.0498. The van der Waals surface area contributed by atoms with Crippen LogP contribution in [0.15, 0.2) is 42.5 Å². The topological polar surface area (TPSA) is 49.3 Å². The van der Waals surface area contributed by atoms with E-state index in [1.54, 1.807) is 6.07 Å². The summed E-state index contributed by atoms with van der Waals surface area (Å²) in [5.74, 6) is -0.470. The van der Waals surface area contributed by atoms with Crippen molar-refractivity contribution in [1.82, 2.24) is 0 Å². The predicted octanol–water partition coefficient (Wildman–Crippen LogP) is 6.29. The summed E-state index contributed by atoms with van der Waals surface area (Å²) in [6.45, 7) is 6.03. The molecule has 0 bridgehead atoms. The van der Waals surface area contributed by atoms with Crippen molar-refractivity contribution in [2.75, 3.05) is 4.72 Å². The molecular weight excluding hydrogens is 385 g/mol. The zero-order valence-electron chi connectivity index (χ0n) is 16.6. The van der Waals surface area contributed by atoms with Crippen LogP contribution in [0.4, 0.5) is 10.1 Å². The third-order valence-electron chi connectivity index (χ3n) is 5.54. The number of rotatable bonds is 3. The SMILES string of the molecule is Cc1ccc(-c2c(C)c3c(c(C)c2CC(=O)O)NSCc2cc(F)ccc2-3)cc1. The second kappa shape index (κ2) is 7.56. The molecule has 29 heavy (non-hydrogen) atoms. The molecular formula is C24H22FNO2S. The number of anilines is 1. The summed E-state index contributed by atoms with van der Waals surface area (Å²) in [6.07, 6.45) is -0.0498. The van der Waals surface area contributed by atoms with Crippen molar-refractivity contribution >= 4 is 23.6 Å². The number of fused-ring (bicyclic) bond motifs is 3. The van der Waals surface area contributed by atoms with Crippen LogP contribution >= 0.6 is 11.9 Å². The Balaban J connectivity index is 2.08. The van der Waals surface area contributed by atoms with Gasteiger partial charge < -0.3 is 9.83 Å². The highest BCUT2D eigenvalue weighted by Gasteiger charge is 2.26. The first-order chi connectivity index (χ1) is 13.9. The lowest BCUT2D eigenvalue weighted by molar-refractivity contribution is -0.136. The molecule has 0 amide bonds. The quantitative estimate of drug-likeness (QED) is 0.501. The van der Waals surface area contributed by atoms with Gasteiger partial charge in [-0.2, -0.15) is 0 Å². The number of hydrogen-bond donors (Lipinski definition) is 2. The number of carbonyl (C=O) groups is 1. The van der Waals surface area contributed by atoms with Crippen LogP contribution in [0, 0.1) is 26.6 Å². The molecule has 3 nitrogen and oxygen atoms in total. The number of aliphatic carboxylic acids is 1. The van der Waals surface area contributed by atoms with Gasteiger partial charge in [-0.3, -0.25) is 4.79 Å². The molecule has 1 aliphatic rings. The van der Waals surface area contributed by atoms with Crippen LogP contribution in [0.2, 0.25) is 0 Å². The Kier molecular flexibility index (Phi) is 5.09. The van der Waals surface area contributed by atoms with E-state index in [1.807, 2.05) is 51.1 Å². The minimum Gasteiger partial charge on any atom is -0.481 e. The van der Waals surface area contributed by atoms with E-state index >= 15 is 0 Å². The number of hydrogen-bond acceptors (Lipinski definition) is 3. The van der Waals surface area contributed by atoms with Gasteiger partial charge in [0.15, 0.2) is 0 Å². The Morgan fingerprint density at radius 1 is 1.07 bits per heavy atom. The molecule has 3 aromatic carbocycles. The summed E-state index contributed by atoms with van der Waals surface area (Å²) in [5, 5.41) is 9.58. The minimum atomic E-state index is -0.857. The highest BCUT2D eigenvalue weighted by atomic mass is 32.2. The van der Waals surface area contributed by atoms with Gasteiger partial charge in [-0.1, -0.05) is 35.9 Å². The maximum atomic E-state index is 13.9. The van der Waals surface area contributed by atoms with E-state index in [2.05, 4.69) is 4.72 Å². The summed E-state index contributed by atoms with van der Waals surface area (Å²) >= 11 is 1.50. The Labute approximate surface area is 174 Å². The molecule has 1 aliphatic heterocycles. The van der Waals surface area contributed by atoms with Crippen molar-refractivity contribution in [3.05, 3.63) is 76.1 Å². The highest BCUT2D eigenvalue weighted by Crippen LogP contribution is 2.47. The number of aryl methyl sites for hydroxylation is 1. The van der Waals surface area contributed by atoms with Crippen molar-refractivity contribution < 1.29 is 14.3 Å². The molecule has 0 aromatic heterocycles. The standard InChI is InChI=1S/C24H22FNO2S/c1-13-4-6-16(7-5-13)22-15(3)23-19-9-8-18(25)10-17(19)12-29-26-24(23)14(2)20(22)11-21(27)28/h4-10,26H,11-12H2,1-3H3,(H,27,28). The van der Waals surface area contributed by atoms with Crippen molar-refractivity contribution in [2.24, 2.45) is 0 Å². The van der Waals surface area contributed by atoms with Gasteiger partial charge >= 0.3 is 5.97 Å². The van der Waals surface area contributed by atoms with E-state index in [9.17, 15) is 14.3 Å². The largest absolute Gasteiger partial charge is 0.481 e. The van der Waals surface area contributed by atoms with Crippen molar-refractivity contribution in [3.8, 4) is 22.3 Å². The third-order valence-corrected chi connectivity index (χ3v) is 6.34. The molecule has 0 saturated heterocycles. The van der Waals surface area contributed by atoms with Gasteiger partial charge in [0.25, 0.3) is 0 Å². The van der Waals surface area contributed by atoms with E-state index in [0.717, 1.165) is 55.8 Å². The normalized spacial score (nSPS) is 12.6. The number of carboxylic acids is 1. The molecule has 0 atom stereocenters. The molecule has 0 radical (unpaired) electrons. The van der Waals surface area contributed by atoms with E-state index in [4.69, 9.17) is 0 Å². The lowest BCUT2D eigenvalue weighted by Crippen LogP contribution is -2.09. The summed E-state index contributed by atoms with van der Waals surface area (Å²) in [7, 11) is 0. The van der Waals surface area contributed by atoms with Gasteiger partial charge in [-0.05, 0) is 83.8 Å². The Bertz CT molecular complexity index is 1120. The second-order valence-corrected chi connectivity index (χ2v) is 8.26. The number of halogens is 1. The Hall–Kier alpha value is -2.79. The average molecular weight is 408 g/mol. The third kappa shape index (κ3) is 3.51. The molecule has 2 N–H and O–H groups in total. The molecule has 0 unspecified atom stereocenters. The van der Waals surface area contributed by atoms with Crippen LogP contribution in [-0.2, 0) is 17.0 Å². The first kappa shape index (κ1) is 19.5. The monoisotopic (exact) mass is 407 g/mol. The zero-order valence-corrected chi connectivity index (χ0v) is 17.4. The first-order valence-corrected chi connectivity index (χ1v) is 10.5.